The van der Waals surface area contributed by atoms with Crippen LogP contribution in [0.3, 0.4) is 0 Å². The molecule has 1 atom stereocenters. The molecule has 0 aliphatic carbocycles. The van der Waals surface area contributed by atoms with Crippen molar-refractivity contribution in [1.82, 2.24) is 9.55 Å². The van der Waals surface area contributed by atoms with Gasteiger partial charge in [-0.25, -0.2) is 4.98 Å². The fourth-order valence-electron chi connectivity index (χ4n) is 2.63. The zero-order valence-corrected chi connectivity index (χ0v) is 12.6. The number of fused-ring (bicyclic) bond motifs is 1. The van der Waals surface area contributed by atoms with Crippen LogP contribution in [0.4, 0.5) is 0 Å². The van der Waals surface area contributed by atoms with Crippen molar-refractivity contribution in [3.63, 3.8) is 0 Å². The average molecular weight is 259 g/mol. The van der Waals surface area contributed by atoms with Crippen LogP contribution in [0.15, 0.2) is 18.2 Å². The molecule has 0 radical (unpaired) electrons. The second kappa shape index (κ2) is 5.33. The van der Waals surface area contributed by atoms with E-state index in [4.69, 9.17) is 10.7 Å². The van der Waals surface area contributed by atoms with E-state index in [1.165, 1.54) is 11.1 Å². The fourth-order valence-corrected chi connectivity index (χ4v) is 2.63. The molecule has 0 saturated heterocycles. The summed E-state index contributed by atoms with van der Waals surface area (Å²) in [6.07, 6.45) is 1.01. The molecule has 2 rings (SSSR count). The minimum Gasteiger partial charge on any atom is -0.331 e. The summed E-state index contributed by atoms with van der Waals surface area (Å²) in [7, 11) is 2.08. The molecular weight excluding hydrogens is 234 g/mol. The normalized spacial score (nSPS) is 13.7. The van der Waals surface area contributed by atoms with E-state index in [0.29, 0.717) is 11.8 Å². The lowest BCUT2D eigenvalue weighted by molar-refractivity contribution is 0.510. The third-order valence-electron chi connectivity index (χ3n) is 3.61. The van der Waals surface area contributed by atoms with Gasteiger partial charge in [0, 0.05) is 19.0 Å². The molecule has 1 heterocycles. The average Bonchev–Trinajstić information content (AvgIpc) is 2.65. The Bertz CT molecular complexity index is 567. The second-order valence-electron chi connectivity index (χ2n) is 6.17. The summed E-state index contributed by atoms with van der Waals surface area (Å²) in [4.78, 5) is 4.74. The molecule has 0 spiro atoms. The van der Waals surface area contributed by atoms with Gasteiger partial charge in [0.05, 0.1) is 11.0 Å². The predicted molar refractivity (Wildman–Crippen MR) is 81.2 cm³/mol. The third-order valence-corrected chi connectivity index (χ3v) is 3.61. The number of benzene rings is 1. The van der Waals surface area contributed by atoms with Crippen LogP contribution in [-0.2, 0) is 7.05 Å². The van der Waals surface area contributed by atoms with Gasteiger partial charge in [-0.3, -0.25) is 0 Å². The second-order valence-corrected chi connectivity index (χ2v) is 6.17. The highest BCUT2D eigenvalue weighted by molar-refractivity contribution is 5.77. The SMILES string of the molecule is CC(C)CC(N)c1ccc2c(c1)nc(C(C)C)n2C. The molecule has 0 bridgehead atoms. The van der Waals surface area contributed by atoms with Gasteiger partial charge in [-0.2, -0.15) is 0 Å². The van der Waals surface area contributed by atoms with Crippen molar-refractivity contribution in [2.24, 2.45) is 18.7 Å². The number of rotatable bonds is 4. The number of aromatic nitrogens is 2. The number of hydrogen-bond donors (Lipinski definition) is 1. The van der Waals surface area contributed by atoms with Crippen LogP contribution in [-0.4, -0.2) is 9.55 Å². The maximum absolute atomic E-state index is 6.26. The van der Waals surface area contributed by atoms with E-state index in [1.54, 1.807) is 0 Å². The monoisotopic (exact) mass is 259 g/mol. The summed E-state index contributed by atoms with van der Waals surface area (Å²) < 4.78 is 2.18. The maximum Gasteiger partial charge on any atom is 0.112 e. The molecule has 0 fully saturated rings. The van der Waals surface area contributed by atoms with Gasteiger partial charge in [0.1, 0.15) is 5.82 Å². The molecular formula is C16H25N3. The zero-order chi connectivity index (χ0) is 14.2. The van der Waals surface area contributed by atoms with Gasteiger partial charge in [0.15, 0.2) is 0 Å². The summed E-state index contributed by atoms with van der Waals surface area (Å²) in [6, 6.07) is 6.54. The zero-order valence-electron chi connectivity index (χ0n) is 12.6. The molecule has 0 saturated carbocycles. The van der Waals surface area contributed by atoms with Crippen LogP contribution in [0.25, 0.3) is 11.0 Å². The first-order chi connectivity index (χ1) is 8.90. The molecule has 1 unspecified atom stereocenters. The van der Waals surface area contributed by atoms with E-state index in [0.717, 1.165) is 17.8 Å². The smallest absolute Gasteiger partial charge is 0.112 e. The summed E-state index contributed by atoms with van der Waals surface area (Å²) >= 11 is 0. The van der Waals surface area contributed by atoms with Gasteiger partial charge < -0.3 is 10.3 Å². The fraction of sp³-hybridized carbons (Fsp3) is 0.562. The van der Waals surface area contributed by atoms with E-state index in [1.807, 2.05) is 0 Å². The van der Waals surface area contributed by atoms with Crippen LogP contribution < -0.4 is 5.73 Å². The number of aryl methyl sites for hydroxylation is 1. The standard InChI is InChI=1S/C16H25N3/c1-10(2)8-13(17)12-6-7-15-14(9-12)18-16(11(3)4)19(15)5/h6-7,9-11,13H,8,17H2,1-5H3. The predicted octanol–water partition coefficient (Wildman–Crippen LogP) is 3.74. The molecule has 3 nitrogen and oxygen atoms in total. The molecule has 1 aromatic heterocycles. The van der Waals surface area contributed by atoms with E-state index < -0.39 is 0 Å². The number of nitrogens with zero attached hydrogens (tertiary/aromatic N) is 2. The van der Waals surface area contributed by atoms with Crippen molar-refractivity contribution in [3.05, 3.63) is 29.6 Å². The van der Waals surface area contributed by atoms with Crippen molar-refractivity contribution in [2.75, 3.05) is 0 Å². The first-order valence-electron chi connectivity index (χ1n) is 7.12. The van der Waals surface area contributed by atoms with Gasteiger partial charge in [-0.15, -0.1) is 0 Å². The number of nitrogens with two attached hydrogens (primary N) is 1. The van der Waals surface area contributed by atoms with Crippen molar-refractivity contribution < 1.29 is 0 Å². The highest BCUT2D eigenvalue weighted by Crippen LogP contribution is 2.25. The van der Waals surface area contributed by atoms with Crippen molar-refractivity contribution in [2.45, 2.75) is 46.1 Å². The Morgan fingerprint density at radius 2 is 1.89 bits per heavy atom. The first-order valence-corrected chi connectivity index (χ1v) is 7.12. The van der Waals surface area contributed by atoms with E-state index in [9.17, 15) is 0 Å². The minimum absolute atomic E-state index is 0.105. The summed E-state index contributed by atoms with van der Waals surface area (Å²) in [5.41, 5.74) is 9.69. The van der Waals surface area contributed by atoms with E-state index >= 15 is 0 Å². The Labute approximate surface area is 115 Å². The van der Waals surface area contributed by atoms with Crippen molar-refractivity contribution >= 4 is 11.0 Å². The molecule has 2 aromatic rings. The lowest BCUT2D eigenvalue weighted by Gasteiger charge is -2.14. The maximum atomic E-state index is 6.26. The van der Waals surface area contributed by atoms with E-state index in [-0.39, 0.29) is 6.04 Å². The molecule has 0 amide bonds. The molecule has 2 N–H and O–H groups in total. The van der Waals surface area contributed by atoms with Gasteiger partial charge in [-0.1, -0.05) is 33.8 Å². The highest BCUT2D eigenvalue weighted by Gasteiger charge is 2.14. The van der Waals surface area contributed by atoms with Crippen molar-refractivity contribution in [3.8, 4) is 0 Å². The van der Waals surface area contributed by atoms with Gasteiger partial charge in [0.25, 0.3) is 0 Å². The summed E-state index contributed by atoms with van der Waals surface area (Å²) in [5.74, 6) is 2.18. The largest absolute Gasteiger partial charge is 0.331 e. The first kappa shape index (κ1) is 14.1. The molecule has 0 aliphatic rings. The van der Waals surface area contributed by atoms with E-state index in [2.05, 4.69) is 57.5 Å². The minimum atomic E-state index is 0.105. The molecule has 1 aromatic carbocycles. The lowest BCUT2D eigenvalue weighted by atomic mass is 9.97. The van der Waals surface area contributed by atoms with Gasteiger partial charge in [-0.05, 0) is 30.0 Å². The highest BCUT2D eigenvalue weighted by atomic mass is 15.1. The van der Waals surface area contributed by atoms with Crippen LogP contribution in [0.5, 0.6) is 0 Å². The third kappa shape index (κ3) is 2.81. The van der Waals surface area contributed by atoms with Crippen LogP contribution in [0, 0.1) is 5.92 Å². The van der Waals surface area contributed by atoms with Crippen LogP contribution in [0.2, 0.25) is 0 Å². The Morgan fingerprint density at radius 3 is 2.47 bits per heavy atom. The Kier molecular flexibility index (Phi) is 3.95. The van der Waals surface area contributed by atoms with Crippen molar-refractivity contribution in [1.29, 1.82) is 0 Å². The van der Waals surface area contributed by atoms with Gasteiger partial charge >= 0.3 is 0 Å². The summed E-state index contributed by atoms with van der Waals surface area (Å²) in [5, 5.41) is 0. The molecule has 104 valence electrons. The number of imidazole rings is 1. The topological polar surface area (TPSA) is 43.8 Å². The van der Waals surface area contributed by atoms with Gasteiger partial charge in [0.2, 0.25) is 0 Å². The Morgan fingerprint density at radius 1 is 1.21 bits per heavy atom. The van der Waals surface area contributed by atoms with Crippen LogP contribution in [0.1, 0.15) is 57.5 Å². The van der Waals surface area contributed by atoms with Crippen LogP contribution >= 0.6 is 0 Å². The Hall–Kier alpha value is -1.35. The molecule has 3 heteroatoms. The molecule has 0 aliphatic heterocycles. The molecule has 19 heavy (non-hydrogen) atoms. The lowest BCUT2D eigenvalue weighted by Crippen LogP contribution is -2.12. The Balaban J connectivity index is 2.41. The summed E-state index contributed by atoms with van der Waals surface area (Å²) in [6.45, 7) is 8.76. The number of hydrogen-bond acceptors (Lipinski definition) is 2. The quantitative estimate of drug-likeness (QED) is 0.909.